The molecule has 90 valence electrons. The van der Waals surface area contributed by atoms with Crippen LogP contribution in [-0.2, 0) is 11.3 Å². The Kier molecular flexibility index (Phi) is 2.40. The summed E-state index contributed by atoms with van der Waals surface area (Å²) in [5.74, 6) is 1.54. The molecule has 0 unspecified atom stereocenters. The number of hydrogen-bond acceptors (Lipinski definition) is 4. The van der Waals surface area contributed by atoms with Gasteiger partial charge in [0.25, 0.3) is 0 Å². The molecule has 0 saturated carbocycles. The van der Waals surface area contributed by atoms with E-state index in [1.807, 2.05) is 12.1 Å². The van der Waals surface area contributed by atoms with Gasteiger partial charge in [-0.05, 0) is 11.6 Å². The van der Waals surface area contributed by atoms with Gasteiger partial charge in [0, 0.05) is 19.7 Å². The van der Waals surface area contributed by atoms with Crippen LogP contribution in [0.25, 0.3) is 0 Å². The van der Waals surface area contributed by atoms with E-state index in [4.69, 9.17) is 9.47 Å². The molecule has 2 heterocycles. The molecule has 0 fully saturated rings. The summed E-state index contributed by atoms with van der Waals surface area (Å²) in [6.07, 6.45) is 0. The van der Waals surface area contributed by atoms with Gasteiger partial charge >= 0.3 is 0 Å². The molecule has 1 aromatic carbocycles. The lowest BCUT2D eigenvalue weighted by molar-refractivity contribution is -0.117. The highest BCUT2D eigenvalue weighted by Crippen LogP contribution is 2.37. The maximum atomic E-state index is 11.7. The Morgan fingerprint density at radius 2 is 1.88 bits per heavy atom. The minimum absolute atomic E-state index is 0.0560. The summed E-state index contributed by atoms with van der Waals surface area (Å²) in [6, 6.07) is 3.83. The highest BCUT2D eigenvalue weighted by atomic mass is 16.6. The van der Waals surface area contributed by atoms with Crippen LogP contribution in [0.2, 0.25) is 0 Å². The van der Waals surface area contributed by atoms with Crippen molar-refractivity contribution in [3.8, 4) is 11.5 Å². The lowest BCUT2D eigenvalue weighted by atomic mass is 10.1. The molecule has 0 atom stereocenters. The van der Waals surface area contributed by atoms with Gasteiger partial charge in [0.15, 0.2) is 11.5 Å². The summed E-state index contributed by atoms with van der Waals surface area (Å²) in [5.41, 5.74) is 1.95. The highest BCUT2D eigenvalue weighted by molar-refractivity contribution is 5.96. The van der Waals surface area contributed by atoms with Crippen LogP contribution < -0.4 is 19.7 Å². The molecule has 0 aliphatic carbocycles. The van der Waals surface area contributed by atoms with Crippen LogP contribution in [-0.4, -0.2) is 32.7 Å². The number of rotatable bonds is 0. The van der Waals surface area contributed by atoms with Gasteiger partial charge in [-0.1, -0.05) is 0 Å². The predicted molar refractivity (Wildman–Crippen MR) is 62.5 cm³/mol. The Hall–Kier alpha value is -1.75. The van der Waals surface area contributed by atoms with Gasteiger partial charge in [0.05, 0.1) is 12.2 Å². The van der Waals surface area contributed by atoms with Crippen LogP contribution in [0.4, 0.5) is 5.69 Å². The van der Waals surface area contributed by atoms with E-state index in [-0.39, 0.29) is 5.91 Å². The fourth-order valence-corrected chi connectivity index (χ4v) is 2.13. The number of hydrogen-bond donors (Lipinski definition) is 1. The number of nitrogens with zero attached hydrogens (tertiary/aromatic N) is 1. The van der Waals surface area contributed by atoms with Crippen molar-refractivity contribution in [3.63, 3.8) is 0 Å². The van der Waals surface area contributed by atoms with E-state index in [2.05, 4.69) is 5.32 Å². The van der Waals surface area contributed by atoms with Gasteiger partial charge in [0.2, 0.25) is 5.91 Å². The minimum Gasteiger partial charge on any atom is -0.486 e. The summed E-state index contributed by atoms with van der Waals surface area (Å²) in [4.78, 5) is 13.4. The first kappa shape index (κ1) is 10.4. The molecular weight excluding hydrogens is 220 g/mol. The largest absolute Gasteiger partial charge is 0.486 e. The van der Waals surface area contributed by atoms with Crippen molar-refractivity contribution in [1.29, 1.82) is 0 Å². The second-order valence-electron chi connectivity index (χ2n) is 4.18. The number of ether oxygens (including phenoxy) is 2. The topological polar surface area (TPSA) is 50.8 Å². The monoisotopic (exact) mass is 234 g/mol. The van der Waals surface area contributed by atoms with Crippen molar-refractivity contribution < 1.29 is 14.3 Å². The molecule has 0 radical (unpaired) electrons. The normalized spacial score (nSPS) is 18.6. The fraction of sp³-hybridized carbons (Fsp3) is 0.417. The zero-order chi connectivity index (χ0) is 11.8. The van der Waals surface area contributed by atoms with E-state index in [9.17, 15) is 4.79 Å². The number of likely N-dealkylation sites (N-methyl/N-ethyl adjacent to an activating group) is 1. The average Bonchev–Trinajstić information content (AvgIpc) is 2.48. The van der Waals surface area contributed by atoms with Gasteiger partial charge in [-0.3, -0.25) is 4.79 Å². The first-order valence-corrected chi connectivity index (χ1v) is 5.65. The molecule has 17 heavy (non-hydrogen) atoms. The SMILES string of the molecule is CN1C(=O)CNCc2cc3c(cc21)OCCO3. The third-order valence-corrected chi connectivity index (χ3v) is 3.07. The molecular formula is C12H14N2O3. The maximum absolute atomic E-state index is 11.7. The zero-order valence-electron chi connectivity index (χ0n) is 9.66. The first-order chi connectivity index (χ1) is 8.25. The van der Waals surface area contributed by atoms with Crippen molar-refractivity contribution in [2.45, 2.75) is 6.54 Å². The molecule has 0 spiro atoms. The molecule has 3 rings (SSSR count). The van der Waals surface area contributed by atoms with Crippen LogP contribution in [0.15, 0.2) is 12.1 Å². The summed E-state index contributed by atoms with van der Waals surface area (Å²) >= 11 is 0. The molecule has 0 bridgehead atoms. The number of amides is 1. The van der Waals surface area contributed by atoms with E-state index in [1.54, 1.807) is 11.9 Å². The fourth-order valence-electron chi connectivity index (χ4n) is 2.13. The third-order valence-electron chi connectivity index (χ3n) is 3.07. The highest BCUT2D eigenvalue weighted by Gasteiger charge is 2.22. The number of benzene rings is 1. The van der Waals surface area contributed by atoms with Crippen LogP contribution in [0.5, 0.6) is 11.5 Å². The van der Waals surface area contributed by atoms with E-state index in [1.165, 1.54) is 0 Å². The van der Waals surface area contributed by atoms with E-state index < -0.39 is 0 Å². The summed E-state index contributed by atoms with van der Waals surface area (Å²) < 4.78 is 11.1. The molecule has 2 aliphatic heterocycles. The number of carbonyl (C=O) groups excluding carboxylic acids is 1. The van der Waals surface area contributed by atoms with Crippen molar-refractivity contribution in [2.24, 2.45) is 0 Å². The van der Waals surface area contributed by atoms with E-state index in [0.29, 0.717) is 26.3 Å². The number of carbonyl (C=O) groups is 1. The summed E-state index contributed by atoms with van der Waals surface area (Å²) in [7, 11) is 1.78. The van der Waals surface area contributed by atoms with Gasteiger partial charge in [-0.25, -0.2) is 0 Å². The lowest BCUT2D eigenvalue weighted by Gasteiger charge is -2.23. The second-order valence-corrected chi connectivity index (χ2v) is 4.18. The van der Waals surface area contributed by atoms with Gasteiger partial charge in [0.1, 0.15) is 13.2 Å². The Morgan fingerprint density at radius 1 is 1.18 bits per heavy atom. The average molecular weight is 234 g/mol. The number of fused-ring (bicyclic) bond motifs is 2. The Labute approximate surface area is 99.3 Å². The van der Waals surface area contributed by atoms with Gasteiger partial charge < -0.3 is 19.7 Å². The standard InChI is InChI=1S/C12H14N2O3/c1-14-9-5-11-10(16-2-3-17-11)4-8(9)6-13-7-12(14)15/h4-5,13H,2-3,6-7H2,1H3. The first-order valence-electron chi connectivity index (χ1n) is 5.65. The lowest BCUT2D eigenvalue weighted by Crippen LogP contribution is -2.32. The Bertz CT molecular complexity index is 473. The maximum Gasteiger partial charge on any atom is 0.240 e. The number of nitrogens with one attached hydrogen (secondary N) is 1. The Balaban J connectivity index is 2.09. The molecule has 5 nitrogen and oxygen atoms in total. The predicted octanol–water partition coefficient (Wildman–Crippen LogP) is 0.524. The molecule has 2 aliphatic rings. The van der Waals surface area contributed by atoms with Crippen molar-refractivity contribution in [3.05, 3.63) is 17.7 Å². The summed E-state index contributed by atoms with van der Waals surface area (Å²) in [6.45, 7) is 2.16. The van der Waals surface area contributed by atoms with Crippen LogP contribution in [0.1, 0.15) is 5.56 Å². The van der Waals surface area contributed by atoms with E-state index in [0.717, 1.165) is 22.7 Å². The summed E-state index contributed by atoms with van der Waals surface area (Å²) in [5, 5.41) is 3.10. The Morgan fingerprint density at radius 3 is 2.65 bits per heavy atom. The van der Waals surface area contributed by atoms with Crippen LogP contribution in [0, 0.1) is 0 Å². The van der Waals surface area contributed by atoms with Crippen LogP contribution in [0.3, 0.4) is 0 Å². The number of anilines is 1. The van der Waals surface area contributed by atoms with Gasteiger partial charge in [-0.2, -0.15) is 0 Å². The molecule has 5 heteroatoms. The molecule has 1 N–H and O–H groups in total. The van der Waals surface area contributed by atoms with Crippen LogP contribution >= 0.6 is 0 Å². The molecule has 1 aromatic rings. The zero-order valence-corrected chi connectivity index (χ0v) is 9.66. The van der Waals surface area contributed by atoms with Crippen molar-refractivity contribution in [2.75, 3.05) is 31.7 Å². The molecule has 1 amide bonds. The van der Waals surface area contributed by atoms with Crippen molar-refractivity contribution >= 4 is 11.6 Å². The molecule has 0 saturated heterocycles. The minimum atomic E-state index is 0.0560. The van der Waals surface area contributed by atoms with Gasteiger partial charge in [-0.15, -0.1) is 0 Å². The third kappa shape index (κ3) is 1.72. The second kappa shape index (κ2) is 3.92. The quantitative estimate of drug-likeness (QED) is 0.711. The molecule has 0 aromatic heterocycles. The van der Waals surface area contributed by atoms with Crippen molar-refractivity contribution in [1.82, 2.24) is 5.32 Å². The van der Waals surface area contributed by atoms with E-state index >= 15 is 0 Å². The smallest absolute Gasteiger partial charge is 0.240 e.